The molecule has 4 rings (SSSR count). The van der Waals surface area contributed by atoms with Crippen LogP contribution in [0.3, 0.4) is 0 Å². The van der Waals surface area contributed by atoms with Gasteiger partial charge in [0.25, 0.3) is 0 Å². The smallest absolute Gasteiger partial charge is 0.340 e. The van der Waals surface area contributed by atoms with Gasteiger partial charge >= 0.3 is 5.97 Å². The zero-order valence-electron chi connectivity index (χ0n) is 18.1. The molecular weight excluding hydrogens is 478 g/mol. The largest absolute Gasteiger partial charge is 0.486 e. The molecule has 1 atom stereocenters. The van der Waals surface area contributed by atoms with Crippen molar-refractivity contribution in [2.45, 2.75) is 39.2 Å². The molecule has 2 heterocycles. The third kappa shape index (κ3) is 4.32. The number of carbonyl (C=O) groups is 2. The summed E-state index contributed by atoms with van der Waals surface area (Å²) in [5.41, 5.74) is 6.31. The number of methoxy groups -OCH3 is 1. The van der Waals surface area contributed by atoms with Gasteiger partial charge < -0.3 is 24.4 Å². The molecule has 0 fully saturated rings. The fraction of sp³-hybridized carbons (Fsp3) is 0.333. The molecule has 1 aliphatic carbocycles. The molecular formula is C24H24BrNO6. The number of carbonyl (C=O) groups excluding carboxylic acids is 2. The second kappa shape index (κ2) is 8.50. The van der Waals surface area contributed by atoms with E-state index in [0.717, 1.165) is 4.47 Å². The number of furan rings is 1. The Morgan fingerprint density at radius 2 is 2.03 bits per heavy atom. The van der Waals surface area contributed by atoms with Crippen molar-refractivity contribution < 1.29 is 28.2 Å². The van der Waals surface area contributed by atoms with Gasteiger partial charge in [-0.05, 0) is 35.7 Å². The summed E-state index contributed by atoms with van der Waals surface area (Å²) in [5, 5.41) is 0. The number of rotatable bonds is 5. The molecule has 1 aromatic heterocycles. The molecule has 168 valence electrons. The quantitative estimate of drug-likeness (QED) is 0.591. The first-order chi connectivity index (χ1) is 15.2. The number of hydrogen-bond donors (Lipinski definition) is 1. The van der Waals surface area contributed by atoms with Gasteiger partial charge in [-0.3, -0.25) is 4.79 Å². The van der Waals surface area contributed by atoms with Gasteiger partial charge in [0.1, 0.15) is 35.2 Å². The summed E-state index contributed by atoms with van der Waals surface area (Å²) in [5.74, 6) is 0.467. The molecule has 2 N–H and O–H groups in total. The number of ketones is 1. The van der Waals surface area contributed by atoms with Crippen molar-refractivity contribution in [1.82, 2.24) is 0 Å². The zero-order chi connectivity index (χ0) is 23.0. The second-order valence-corrected chi connectivity index (χ2v) is 9.55. The highest BCUT2D eigenvalue weighted by atomic mass is 79.9. The Morgan fingerprint density at radius 3 is 2.75 bits per heavy atom. The number of Topliss-reactive ketones (excluding diaryl/α,β-unsaturated/α-hetero) is 1. The van der Waals surface area contributed by atoms with Crippen molar-refractivity contribution in [2.24, 2.45) is 11.1 Å². The summed E-state index contributed by atoms with van der Waals surface area (Å²) in [6.07, 6.45) is 0.860. The molecule has 8 heteroatoms. The van der Waals surface area contributed by atoms with E-state index < -0.39 is 11.9 Å². The van der Waals surface area contributed by atoms with Gasteiger partial charge in [0.05, 0.1) is 13.0 Å². The van der Waals surface area contributed by atoms with Crippen molar-refractivity contribution in [3.63, 3.8) is 0 Å². The average molecular weight is 502 g/mol. The van der Waals surface area contributed by atoms with Crippen LogP contribution >= 0.6 is 15.9 Å². The molecule has 0 spiro atoms. The van der Waals surface area contributed by atoms with E-state index in [2.05, 4.69) is 15.9 Å². The van der Waals surface area contributed by atoms with Crippen LogP contribution < -0.4 is 10.5 Å². The molecule has 1 unspecified atom stereocenters. The van der Waals surface area contributed by atoms with Crippen LogP contribution in [0, 0.1) is 5.41 Å². The lowest BCUT2D eigenvalue weighted by Crippen LogP contribution is -2.35. The summed E-state index contributed by atoms with van der Waals surface area (Å²) >= 11 is 3.41. The van der Waals surface area contributed by atoms with Gasteiger partial charge in [0, 0.05) is 22.9 Å². The maximum Gasteiger partial charge on any atom is 0.340 e. The van der Waals surface area contributed by atoms with Crippen molar-refractivity contribution in [1.29, 1.82) is 0 Å². The van der Waals surface area contributed by atoms with Crippen molar-refractivity contribution in [3.05, 3.63) is 75.2 Å². The molecule has 0 saturated carbocycles. The van der Waals surface area contributed by atoms with Gasteiger partial charge in [-0.2, -0.15) is 0 Å². The van der Waals surface area contributed by atoms with Crippen LogP contribution in [-0.2, 0) is 25.7 Å². The minimum absolute atomic E-state index is 0.0631. The molecule has 1 aliphatic heterocycles. The Morgan fingerprint density at radius 1 is 1.25 bits per heavy atom. The number of ether oxygens (including phenoxy) is 3. The summed E-state index contributed by atoms with van der Waals surface area (Å²) in [6, 6.07) is 10.9. The van der Waals surface area contributed by atoms with E-state index >= 15 is 0 Å². The monoisotopic (exact) mass is 501 g/mol. The van der Waals surface area contributed by atoms with Gasteiger partial charge in [0.2, 0.25) is 5.88 Å². The number of allylic oxidation sites excluding steroid dienone is 2. The van der Waals surface area contributed by atoms with E-state index in [1.807, 2.05) is 38.1 Å². The van der Waals surface area contributed by atoms with E-state index in [4.69, 9.17) is 24.4 Å². The third-order valence-electron chi connectivity index (χ3n) is 5.50. The lowest BCUT2D eigenvalue weighted by atomic mass is 9.71. The molecule has 0 bridgehead atoms. The van der Waals surface area contributed by atoms with Crippen LogP contribution in [0.1, 0.15) is 44.1 Å². The van der Waals surface area contributed by atoms with Gasteiger partial charge in [-0.25, -0.2) is 4.79 Å². The maximum absolute atomic E-state index is 13.1. The molecule has 0 saturated heterocycles. The second-order valence-electron chi connectivity index (χ2n) is 8.63. The highest BCUT2D eigenvalue weighted by Gasteiger charge is 2.46. The minimum Gasteiger partial charge on any atom is -0.486 e. The highest BCUT2D eigenvalue weighted by Crippen LogP contribution is 2.48. The van der Waals surface area contributed by atoms with E-state index in [1.165, 1.54) is 7.11 Å². The number of esters is 1. The Hall–Kier alpha value is -3.00. The van der Waals surface area contributed by atoms with Crippen LogP contribution in [0.25, 0.3) is 0 Å². The molecule has 2 aromatic rings. The van der Waals surface area contributed by atoms with E-state index in [9.17, 15) is 9.59 Å². The van der Waals surface area contributed by atoms with Crippen LogP contribution in [0.2, 0.25) is 0 Å². The standard InChI is InChI=1S/C24H24BrNO6/c1-24(2)10-16(27)19-18(11-24)32-22(26)21(23(28)29-3)20(19)17-8-7-15(31-17)12-30-14-6-4-5-13(25)9-14/h4-9,20H,10-12,26H2,1-3H3. The first-order valence-corrected chi connectivity index (χ1v) is 11.0. The van der Waals surface area contributed by atoms with Crippen molar-refractivity contribution in [3.8, 4) is 5.75 Å². The lowest BCUT2D eigenvalue weighted by Gasteiger charge is -2.37. The zero-order valence-corrected chi connectivity index (χ0v) is 19.7. The Bertz CT molecular complexity index is 1140. The van der Waals surface area contributed by atoms with Crippen molar-refractivity contribution in [2.75, 3.05) is 7.11 Å². The summed E-state index contributed by atoms with van der Waals surface area (Å²) in [6.45, 7) is 4.17. The third-order valence-corrected chi connectivity index (χ3v) is 6.00. The van der Waals surface area contributed by atoms with Gasteiger partial charge in [-0.1, -0.05) is 35.8 Å². The first-order valence-electron chi connectivity index (χ1n) is 10.2. The van der Waals surface area contributed by atoms with E-state index in [0.29, 0.717) is 41.4 Å². The summed E-state index contributed by atoms with van der Waals surface area (Å²) in [4.78, 5) is 25.7. The van der Waals surface area contributed by atoms with Crippen LogP contribution in [-0.4, -0.2) is 18.9 Å². The summed E-state index contributed by atoms with van der Waals surface area (Å²) in [7, 11) is 1.26. The Kier molecular flexibility index (Phi) is 5.90. The molecule has 7 nitrogen and oxygen atoms in total. The number of nitrogens with two attached hydrogens (primary N) is 1. The molecule has 0 amide bonds. The average Bonchev–Trinajstić information content (AvgIpc) is 3.18. The predicted molar refractivity (Wildman–Crippen MR) is 119 cm³/mol. The Labute approximate surface area is 194 Å². The lowest BCUT2D eigenvalue weighted by molar-refractivity contribution is -0.136. The normalized spacial score (nSPS) is 20.0. The number of benzene rings is 1. The molecule has 2 aliphatic rings. The number of hydrogen-bond acceptors (Lipinski definition) is 7. The highest BCUT2D eigenvalue weighted by molar-refractivity contribution is 9.10. The molecule has 0 radical (unpaired) electrons. The first kappa shape index (κ1) is 22.2. The fourth-order valence-corrected chi connectivity index (χ4v) is 4.49. The fourth-order valence-electron chi connectivity index (χ4n) is 4.12. The minimum atomic E-state index is -0.797. The SMILES string of the molecule is COC(=O)C1=C(N)OC2=C(C(=O)CC(C)(C)C2)C1c1ccc(COc2cccc(Br)c2)o1. The van der Waals surface area contributed by atoms with Crippen LogP contribution in [0.15, 0.2) is 68.1 Å². The number of halogens is 1. The Balaban J connectivity index is 1.68. The van der Waals surface area contributed by atoms with E-state index in [1.54, 1.807) is 12.1 Å². The van der Waals surface area contributed by atoms with Crippen LogP contribution in [0.4, 0.5) is 0 Å². The van der Waals surface area contributed by atoms with E-state index in [-0.39, 0.29) is 29.3 Å². The maximum atomic E-state index is 13.1. The predicted octanol–water partition coefficient (Wildman–Crippen LogP) is 4.72. The topological polar surface area (TPSA) is 101 Å². The van der Waals surface area contributed by atoms with Crippen molar-refractivity contribution >= 4 is 27.7 Å². The van der Waals surface area contributed by atoms with Gasteiger partial charge in [0.15, 0.2) is 5.78 Å². The van der Waals surface area contributed by atoms with Gasteiger partial charge in [-0.15, -0.1) is 0 Å². The molecule has 1 aromatic carbocycles. The summed E-state index contributed by atoms with van der Waals surface area (Å²) < 4.78 is 23.4. The van der Waals surface area contributed by atoms with Crippen LogP contribution in [0.5, 0.6) is 5.75 Å². The molecule has 32 heavy (non-hydrogen) atoms.